The predicted molar refractivity (Wildman–Crippen MR) is 92.4 cm³/mol. The third-order valence-corrected chi connectivity index (χ3v) is 5.54. The van der Waals surface area contributed by atoms with Crippen LogP contribution in [0.2, 0.25) is 0 Å². The van der Waals surface area contributed by atoms with Gasteiger partial charge in [0.1, 0.15) is 18.2 Å². The second-order valence-corrected chi connectivity index (χ2v) is 7.17. The van der Waals surface area contributed by atoms with Crippen LogP contribution in [0.25, 0.3) is 0 Å². The fraction of sp³-hybridized carbons (Fsp3) is 0.722. The van der Waals surface area contributed by atoms with Gasteiger partial charge in [0.2, 0.25) is 0 Å². The van der Waals surface area contributed by atoms with Gasteiger partial charge >= 0.3 is 0 Å². The molecule has 0 aliphatic carbocycles. The third kappa shape index (κ3) is 3.48. The van der Waals surface area contributed by atoms with Gasteiger partial charge in [0.25, 0.3) is 5.91 Å². The maximum absolute atomic E-state index is 12.7. The highest BCUT2D eigenvalue weighted by Crippen LogP contribution is 2.27. The van der Waals surface area contributed by atoms with Crippen LogP contribution in [0.4, 0.5) is 5.82 Å². The topological polar surface area (TPSA) is 78.8 Å². The molecule has 136 valence electrons. The lowest BCUT2D eigenvalue weighted by molar-refractivity contribution is -0.140. The number of fused-ring (bicyclic) bond motifs is 1. The zero-order valence-corrected chi connectivity index (χ0v) is 14.6. The number of hydrogen-bond acceptors (Lipinski definition) is 6. The average molecular weight is 346 g/mol. The van der Waals surface area contributed by atoms with Crippen molar-refractivity contribution in [3.8, 4) is 0 Å². The molecular weight excluding hydrogens is 320 g/mol. The minimum atomic E-state index is -0.254. The van der Waals surface area contributed by atoms with Gasteiger partial charge < -0.3 is 19.6 Å². The van der Waals surface area contributed by atoms with Gasteiger partial charge in [0.05, 0.1) is 11.8 Å². The van der Waals surface area contributed by atoms with Crippen LogP contribution in [0.3, 0.4) is 0 Å². The molecule has 7 heteroatoms. The molecule has 7 nitrogen and oxygen atoms in total. The van der Waals surface area contributed by atoms with E-state index in [2.05, 4.69) is 14.9 Å². The number of carbonyl (C=O) groups excluding carboxylic acids is 1. The van der Waals surface area contributed by atoms with Gasteiger partial charge in [-0.1, -0.05) is 0 Å². The van der Waals surface area contributed by atoms with E-state index in [1.807, 2.05) is 4.90 Å². The summed E-state index contributed by atoms with van der Waals surface area (Å²) in [6.45, 7) is 3.73. The molecule has 1 aromatic heterocycles. The number of aromatic nitrogens is 2. The number of carbonyl (C=O) groups is 1. The number of piperidine rings is 1. The molecule has 2 fully saturated rings. The van der Waals surface area contributed by atoms with Gasteiger partial charge in [-0.25, -0.2) is 9.97 Å². The summed E-state index contributed by atoms with van der Waals surface area (Å²) in [5, 5.41) is 9.74. The van der Waals surface area contributed by atoms with Crippen molar-refractivity contribution < 1.29 is 14.6 Å². The smallest absolute Gasteiger partial charge is 0.251 e. The van der Waals surface area contributed by atoms with Crippen molar-refractivity contribution in [3.63, 3.8) is 0 Å². The highest BCUT2D eigenvalue weighted by atomic mass is 16.5. The van der Waals surface area contributed by atoms with Crippen LogP contribution in [0.1, 0.15) is 36.9 Å². The minimum Gasteiger partial charge on any atom is -0.393 e. The van der Waals surface area contributed by atoms with Crippen LogP contribution >= 0.6 is 0 Å². The number of aliphatic hydroxyl groups excluding tert-OH is 1. The molecule has 4 heterocycles. The van der Waals surface area contributed by atoms with E-state index in [0.29, 0.717) is 19.7 Å². The second kappa shape index (κ2) is 7.25. The van der Waals surface area contributed by atoms with E-state index in [9.17, 15) is 9.90 Å². The third-order valence-electron chi connectivity index (χ3n) is 5.54. The van der Waals surface area contributed by atoms with E-state index in [1.54, 1.807) is 6.33 Å². The Balaban J connectivity index is 1.49. The molecule has 0 bridgehead atoms. The first-order chi connectivity index (χ1) is 12.2. The number of hydrogen-bond donors (Lipinski definition) is 1. The van der Waals surface area contributed by atoms with Crippen LogP contribution in [-0.4, -0.2) is 70.9 Å². The summed E-state index contributed by atoms with van der Waals surface area (Å²) in [4.78, 5) is 25.9. The van der Waals surface area contributed by atoms with Crippen LogP contribution in [0.5, 0.6) is 0 Å². The largest absolute Gasteiger partial charge is 0.393 e. The van der Waals surface area contributed by atoms with E-state index >= 15 is 0 Å². The lowest BCUT2D eigenvalue weighted by Crippen LogP contribution is -2.40. The minimum absolute atomic E-state index is 0.126. The summed E-state index contributed by atoms with van der Waals surface area (Å²) in [6, 6.07) is 0. The maximum atomic E-state index is 12.7. The zero-order chi connectivity index (χ0) is 17.2. The molecule has 0 spiro atoms. The first-order valence-electron chi connectivity index (χ1n) is 9.38. The number of anilines is 1. The lowest BCUT2D eigenvalue weighted by Gasteiger charge is -2.32. The summed E-state index contributed by atoms with van der Waals surface area (Å²) in [5.74, 6) is 1.12. The van der Waals surface area contributed by atoms with E-state index in [-0.39, 0.29) is 18.1 Å². The Morgan fingerprint density at radius 3 is 2.68 bits per heavy atom. The first kappa shape index (κ1) is 16.7. The number of rotatable bonds is 2. The molecule has 25 heavy (non-hydrogen) atoms. The van der Waals surface area contributed by atoms with Gasteiger partial charge in [-0.2, -0.15) is 0 Å². The van der Waals surface area contributed by atoms with Gasteiger partial charge in [0, 0.05) is 44.8 Å². The molecule has 1 N–H and O–H groups in total. The summed E-state index contributed by atoms with van der Waals surface area (Å²) < 4.78 is 5.56. The standard InChI is InChI=1S/C18H26N4O3/c23-13-3-7-21(8-4-13)17-14-5-9-22(10-6-15(14)19-12-20-17)18(24)16-2-1-11-25-16/h12-13,16,23H,1-11H2. The molecule has 3 aliphatic rings. The van der Waals surface area contributed by atoms with Crippen molar-refractivity contribution >= 4 is 11.7 Å². The Bertz CT molecular complexity index is 625. The normalized spacial score (nSPS) is 24.9. The summed E-state index contributed by atoms with van der Waals surface area (Å²) in [7, 11) is 0. The van der Waals surface area contributed by atoms with Gasteiger partial charge in [-0.15, -0.1) is 0 Å². The van der Waals surface area contributed by atoms with E-state index in [4.69, 9.17) is 4.74 Å². The molecule has 0 saturated carbocycles. The average Bonchev–Trinajstić information content (AvgIpc) is 3.08. The summed E-state index contributed by atoms with van der Waals surface area (Å²) in [5.41, 5.74) is 2.22. The fourth-order valence-electron chi connectivity index (χ4n) is 4.06. The molecule has 1 aromatic rings. The van der Waals surface area contributed by atoms with Crippen LogP contribution in [-0.2, 0) is 22.4 Å². The van der Waals surface area contributed by atoms with Crippen molar-refractivity contribution in [2.24, 2.45) is 0 Å². The predicted octanol–water partition coefficient (Wildman–Crippen LogP) is 0.544. The molecule has 4 rings (SSSR count). The lowest BCUT2D eigenvalue weighted by atomic mass is 10.1. The maximum Gasteiger partial charge on any atom is 0.251 e. The summed E-state index contributed by atoms with van der Waals surface area (Å²) in [6.07, 6.45) is 6.10. The Morgan fingerprint density at radius 2 is 1.92 bits per heavy atom. The van der Waals surface area contributed by atoms with Crippen molar-refractivity contribution in [2.45, 2.75) is 50.7 Å². The molecule has 1 unspecified atom stereocenters. The van der Waals surface area contributed by atoms with E-state index in [0.717, 1.165) is 63.1 Å². The quantitative estimate of drug-likeness (QED) is 0.842. The molecule has 3 aliphatic heterocycles. The number of nitrogens with zero attached hydrogens (tertiary/aromatic N) is 4. The van der Waals surface area contributed by atoms with Crippen LogP contribution in [0, 0.1) is 0 Å². The Kier molecular flexibility index (Phi) is 4.85. The first-order valence-corrected chi connectivity index (χ1v) is 9.38. The number of ether oxygens (including phenoxy) is 1. The highest BCUT2D eigenvalue weighted by Gasteiger charge is 2.31. The zero-order valence-electron chi connectivity index (χ0n) is 14.6. The van der Waals surface area contributed by atoms with Crippen molar-refractivity contribution in [2.75, 3.05) is 37.7 Å². The fourth-order valence-corrected chi connectivity index (χ4v) is 4.06. The Labute approximate surface area is 148 Å². The van der Waals surface area contributed by atoms with Gasteiger partial charge in [0.15, 0.2) is 0 Å². The SMILES string of the molecule is O=C(C1CCCO1)N1CCc2ncnc(N3CCC(O)CC3)c2CC1. The Morgan fingerprint density at radius 1 is 1.12 bits per heavy atom. The monoisotopic (exact) mass is 346 g/mol. The van der Waals surface area contributed by atoms with Crippen LogP contribution < -0.4 is 4.90 Å². The van der Waals surface area contributed by atoms with Crippen LogP contribution in [0.15, 0.2) is 6.33 Å². The molecule has 1 amide bonds. The molecule has 1 atom stereocenters. The number of aliphatic hydroxyl groups is 1. The Hall–Kier alpha value is -1.73. The van der Waals surface area contributed by atoms with Crippen molar-refractivity contribution in [1.29, 1.82) is 0 Å². The molecule has 0 radical (unpaired) electrons. The van der Waals surface area contributed by atoms with Gasteiger partial charge in [-0.3, -0.25) is 4.79 Å². The second-order valence-electron chi connectivity index (χ2n) is 7.17. The van der Waals surface area contributed by atoms with Gasteiger partial charge in [-0.05, 0) is 32.1 Å². The molecule has 0 aromatic carbocycles. The van der Waals surface area contributed by atoms with E-state index in [1.165, 1.54) is 5.56 Å². The molecular formula is C18H26N4O3. The number of amides is 1. The van der Waals surface area contributed by atoms with Crippen molar-refractivity contribution in [1.82, 2.24) is 14.9 Å². The highest BCUT2D eigenvalue weighted by molar-refractivity contribution is 5.81. The molecule has 2 saturated heterocycles. The summed E-state index contributed by atoms with van der Waals surface area (Å²) >= 11 is 0. The van der Waals surface area contributed by atoms with E-state index < -0.39 is 0 Å². The van der Waals surface area contributed by atoms with Crippen molar-refractivity contribution in [3.05, 3.63) is 17.6 Å².